The molecule has 1 unspecified atom stereocenters. The summed E-state index contributed by atoms with van der Waals surface area (Å²) in [6, 6.07) is 0. The van der Waals surface area contributed by atoms with Crippen molar-refractivity contribution in [1.29, 1.82) is 0 Å². The summed E-state index contributed by atoms with van der Waals surface area (Å²) in [5, 5.41) is 0. The van der Waals surface area contributed by atoms with Gasteiger partial charge in [-0.15, -0.1) is 9.24 Å². The van der Waals surface area contributed by atoms with Crippen molar-refractivity contribution in [2.75, 3.05) is 6.16 Å². The van der Waals surface area contributed by atoms with Crippen LogP contribution in [0.3, 0.4) is 0 Å². The Morgan fingerprint density at radius 3 is 1.50 bits per heavy atom. The average Bonchev–Trinajstić information content (AvgIpc) is 2.13. The van der Waals surface area contributed by atoms with Crippen LogP contribution >= 0.6 is 9.24 Å². The van der Waals surface area contributed by atoms with Crippen LogP contribution in [-0.4, -0.2) is 6.16 Å². The van der Waals surface area contributed by atoms with Gasteiger partial charge in [0.1, 0.15) is 0 Å². The third kappa shape index (κ3) is 3.54. The largest absolute Gasteiger partial charge is 0.138 e. The van der Waals surface area contributed by atoms with Gasteiger partial charge >= 0.3 is 0 Å². The number of hydrogen-bond acceptors (Lipinski definition) is 0. The molecule has 0 aliphatic heterocycles. The van der Waals surface area contributed by atoms with Gasteiger partial charge in [-0.25, -0.2) is 0 Å². The zero-order chi connectivity index (χ0) is 11.4. The molecule has 0 saturated carbocycles. The van der Waals surface area contributed by atoms with E-state index < -0.39 is 0 Å². The Hall–Kier alpha value is 0.430. The molecule has 0 nitrogen and oxygen atoms in total. The number of rotatable bonds is 6. The Morgan fingerprint density at radius 1 is 0.929 bits per heavy atom. The maximum Gasteiger partial charge on any atom is -0.0308 e. The van der Waals surface area contributed by atoms with Crippen LogP contribution in [0.2, 0.25) is 0 Å². The predicted molar refractivity (Wildman–Crippen MR) is 70.8 cm³/mol. The Bertz CT molecular complexity index is 143. The molecule has 86 valence electrons. The van der Waals surface area contributed by atoms with Gasteiger partial charge in [-0.3, -0.25) is 0 Å². The molecule has 0 aliphatic carbocycles. The first kappa shape index (κ1) is 14.4. The molecule has 0 saturated heterocycles. The van der Waals surface area contributed by atoms with Crippen molar-refractivity contribution in [2.24, 2.45) is 16.7 Å². The SMILES string of the molecule is CCC(C)(C)C(CCP)C(C)(C)CC. The first-order valence-corrected chi connectivity index (χ1v) is 6.83. The summed E-state index contributed by atoms with van der Waals surface area (Å²) in [6.45, 7) is 14.3. The zero-order valence-electron chi connectivity index (χ0n) is 11.0. The maximum absolute atomic E-state index is 2.88. The van der Waals surface area contributed by atoms with E-state index in [2.05, 4.69) is 50.8 Å². The molecule has 0 fully saturated rings. The molecule has 0 spiro atoms. The van der Waals surface area contributed by atoms with Crippen LogP contribution in [0.15, 0.2) is 0 Å². The molecule has 0 aliphatic rings. The highest BCUT2D eigenvalue weighted by Crippen LogP contribution is 2.46. The van der Waals surface area contributed by atoms with E-state index in [-0.39, 0.29) is 0 Å². The van der Waals surface area contributed by atoms with Gasteiger partial charge in [0.2, 0.25) is 0 Å². The highest BCUT2D eigenvalue weighted by atomic mass is 31.0. The maximum atomic E-state index is 2.88. The average molecular weight is 216 g/mol. The lowest BCUT2D eigenvalue weighted by Crippen LogP contribution is -2.36. The van der Waals surface area contributed by atoms with Crippen LogP contribution in [0.1, 0.15) is 60.8 Å². The Kier molecular flexibility index (Phi) is 5.67. The van der Waals surface area contributed by atoms with Crippen molar-refractivity contribution < 1.29 is 0 Å². The van der Waals surface area contributed by atoms with Crippen molar-refractivity contribution in [3.05, 3.63) is 0 Å². The summed E-state index contributed by atoms with van der Waals surface area (Å²) in [4.78, 5) is 0. The second kappa shape index (κ2) is 5.50. The standard InChI is InChI=1S/C13H29P/c1-7-12(3,4)11(9-10-14)13(5,6)8-2/h11H,7-10,14H2,1-6H3. The first-order valence-electron chi connectivity index (χ1n) is 6.02. The summed E-state index contributed by atoms with van der Waals surface area (Å²) in [5.41, 5.74) is 0.964. The molecule has 0 aromatic heterocycles. The van der Waals surface area contributed by atoms with Crippen LogP contribution in [0.4, 0.5) is 0 Å². The van der Waals surface area contributed by atoms with Crippen molar-refractivity contribution in [2.45, 2.75) is 60.8 Å². The van der Waals surface area contributed by atoms with Crippen LogP contribution in [0.25, 0.3) is 0 Å². The molecule has 14 heavy (non-hydrogen) atoms. The molecule has 0 aromatic rings. The van der Waals surface area contributed by atoms with Gasteiger partial charge in [-0.2, -0.15) is 0 Å². The summed E-state index contributed by atoms with van der Waals surface area (Å²) in [7, 11) is 2.88. The Morgan fingerprint density at radius 2 is 1.29 bits per heavy atom. The lowest BCUT2D eigenvalue weighted by molar-refractivity contribution is 0.0623. The lowest BCUT2D eigenvalue weighted by Gasteiger charge is -2.44. The van der Waals surface area contributed by atoms with Gasteiger partial charge in [-0.1, -0.05) is 54.4 Å². The Balaban J connectivity index is 4.75. The van der Waals surface area contributed by atoms with E-state index in [1.807, 2.05) is 0 Å². The third-order valence-electron chi connectivity index (χ3n) is 4.16. The third-order valence-corrected chi connectivity index (χ3v) is 4.50. The molecule has 0 N–H and O–H groups in total. The van der Waals surface area contributed by atoms with Gasteiger partial charge in [0.25, 0.3) is 0 Å². The van der Waals surface area contributed by atoms with E-state index >= 15 is 0 Å². The molecule has 0 heterocycles. The quantitative estimate of drug-likeness (QED) is 0.562. The Labute approximate surface area is 93.4 Å². The van der Waals surface area contributed by atoms with Crippen molar-refractivity contribution in [3.8, 4) is 0 Å². The summed E-state index contributed by atoms with van der Waals surface area (Å²) in [6.07, 6.45) is 5.14. The first-order chi connectivity index (χ1) is 6.31. The highest BCUT2D eigenvalue weighted by Gasteiger charge is 2.37. The summed E-state index contributed by atoms with van der Waals surface area (Å²) >= 11 is 0. The lowest BCUT2D eigenvalue weighted by atomic mass is 9.62. The van der Waals surface area contributed by atoms with Gasteiger partial charge < -0.3 is 0 Å². The highest BCUT2D eigenvalue weighted by molar-refractivity contribution is 7.16. The van der Waals surface area contributed by atoms with Crippen LogP contribution in [-0.2, 0) is 0 Å². The van der Waals surface area contributed by atoms with Crippen LogP contribution in [0.5, 0.6) is 0 Å². The van der Waals surface area contributed by atoms with E-state index in [0.717, 1.165) is 5.92 Å². The predicted octanol–water partition coefficient (Wildman–Crippen LogP) is 4.74. The summed E-state index contributed by atoms with van der Waals surface area (Å²) in [5.74, 6) is 0.836. The van der Waals surface area contributed by atoms with E-state index in [4.69, 9.17) is 0 Å². The van der Waals surface area contributed by atoms with E-state index in [1.165, 1.54) is 25.4 Å². The van der Waals surface area contributed by atoms with Crippen molar-refractivity contribution >= 4 is 9.24 Å². The molecule has 0 bridgehead atoms. The fourth-order valence-corrected chi connectivity index (χ4v) is 2.83. The van der Waals surface area contributed by atoms with Crippen molar-refractivity contribution in [3.63, 3.8) is 0 Å². The minimum absolute atomic E-state index is 0.482. The molecule has 1 heteroatoms. The van der Waals surface area contributed by atoms with Gasteiger partial charge in [-0.05, 0) is 29.3 Å². The number of hydrogen-bond donors (Lipinski definition) is 0. The molecule has 0 rings (SSSR count). The van der Waals surface area contributed by atoms with E-state index in [0.29, 0.717) is 10.8 Å². The molecular weight excluding hydrogens is 187 g/mol. The second-order valence-corrected chi connectivity index (χ2v) is 6.39. The van der Waals surface area contributed by atoms with Gasteiger partial charge in [0, 0.05) is 0 Å². The topological polar surface area (TPSA) is 0 Å². The van der Waals surface area contributed by atoms with Gasteiger partial charge in [0.15, 0.2) is 0 Å². The van der Waals surface area contributed by atoms with E-state index in [9.17, 15) is 0 Å². The smallest absolute Gasteiger partial charge is 0.0308 e. The fourth-order valence-electron chi connectivity index (χ4n) is 2.50. The monoisotopic (exact) mass is 216 g/mol. The molecule has 0 aromatic carbocycles. The minimum Gasteiger partial charge on any atom is -0.138 e. The van der Waals surface area contributed by atoms with E-state index in [1.54, 1.807) is 0 Å². The van der Waals surface area contributed by atoms with Crippen molar-refractivity contribution in [1.82, 2.24) is 0 Å². The summed E-state index contributed by atoms with van der Waals surface area (Å²) < 4.78 is 0. The van der Waals surface area contributed by atoms with Gasteiger partial charge in [0.05, 0.1) is 0 Å². The van der Waals surface area contributed by atoms with Crippen LogP contribution < -0.4 is 0 Å². The molecule has 1 atom stereocenters. The van der Waals surface area contributed by atoms with Crippen LogP contribution in [0, 0.1) is 16.7 Å². The normalized spacial score (nSPS) is 13.7. The molecular formula is C13H29P. The minimum atomic E-state index is 0.482. The molecule has 0 amide bonds. The molecule has 0 radical (unpaired) electrons. The zero-order valence-corrected chi connectivity index (χ0v) is 12.1. The fraction of sp³-hybridized carbons (Fsp3) is 1.00. The second-order valence-electron chi connectivity index (χ2n) is 5.81.